The molecule has 1 fully saturated rings. The number of amides is 1. The van der Waals surface area contributed by atoms with Crippen molar-refractivity contribution in [2.45, 2.75) is 39.1 Å². The minimum absolute atomic E-state index is 0.0709. The second kappa shape index (κ2) is 12.7. The monoisotopic (exact) mass is 444 g/mol. The average Bonchev–Trinajstić information content (AvgIpc) is 3.27. The number of furan rings is 1. The molecule has 2 atom stereocenters. The third-order valence-corrected chi connectivity index (χ3v) is 5.39. The lowest BCUT2D eigenvalue weighted by Gasteiger charge is -2.37. The zero-order valence-corrected chi connectivity index (χ0v) is 19.2. The second-order valence-electron chi connectivity index (χ2n) is 8.86. The van der Waals surface area contributed by atoms with Crippen molar-refractivity contribution in [3.8, 4) is 0 Å². The molecular formula is C25H36N2O5. The molecule has 3 rings (SSSR count). The molecule has 1 aliphatic heterocycles. The maximum Gasteiger partial charge on any atom is 0.227 e. The summed E-state index contributed by atoms with van der Waals surface area (Å²) < 4.78 is 16.8. The Labute approximate surface area is 190 Å². The van der Waals surface area contributed by atoms with Crippen molar-refractivity contribution in [3.05, 3.63) is 60.1 Å². The predicted octanol–water partition coefficient (Wildman–Crippen LogP) is 2.59. The van der Waals surface area contributed by atoms with E-state index < -0.39 is 6.10 Å². The van der Waals surface area contributed by atoms with Gasteiger partial charge in [-0.2, -0.15) is 0 Å². The Kier molecular flexibility index (Phi) is 9.74. The largest absolute Gasteiger partial charge is 0.467 e. The summed E-state index contributed by atoms with van der Waals surface area (Å²) in [6.45, 7) is 8.65. The summed E-state index contributed by atoms with van der Waals surface area (Å²) in [4.78, 5) is 17.1. The number of aliphatic hydroxyl groups excluding tert-OH is 1. The molecule has 0 spiro atoms. The lowest BCUT2D eigenvalue weighted by molar-refractivity contribution is -0.135. The Bertz CT molecular complexity index is 781. The summed E-state index contributed by atoms with van der Waals surface area (Å²) in [6.07, 6.45) is 1.35. The smallest absolute Gasteiger partial charge is 0.227 e. The molecule has 0 saturated carbocycles. The Balaban J connectivity index is 1.46. The molecular weight excluding hydrogens is 408 g/mol. The first-order chi connectivity index (χ1) is 15.5. The van der Waals surface area contributed by atoms with Crippen LogP contribution in [-0.2, 0) is 27.3 Å². The van der Waals surface area contributed by atoms with Crippen LogP contribution >= 0.6 is 0 Å². The van der Waals surface area contributed by atoms with Gasteiger partial charge in [0.1, 0.15) is 12.4 Å². The van der Waals surface area contributed by atoms with E-state index in [0.717, 1.165) is 17.9 Å². The van der Waals surface area contributed by atoms with E-state index in [0.29, 0.717) is 51.7 Å². The van der Waals surface area contributed by atoms with Gasteiger partial charge in [0, 0.05) is 32.7 Å². The topological polar surface area (TPSA) is 75.4 Å². The van der Waals surface area contributed by atoms with Crippen LogP contribution in [-0.4, -0.2) is 79.0 Å². The van der Waals surface area contributed by atoms with E-state index in [-0.39, 0.29) is 18.6 Å². The van der Waals surface area contributed by atoms with E-state index in [4.69, 9.17) is 13.9 Å². The Morgan fingerprint density at radius 1 is 1.25 bits per heavy atom. The first-order valence-corrected chi connectivity index (χ1v) is 11.4. The van der Waals surface area contributed by atoms with Crippen LogP contribution in [0.25, 0.3) is 0 Å². The van der Waals surface area contributed by atoms with Crippen LogP contribution in [0.4, 0.5) is 0 Å². The zero-order valence-electron chi connectivity index (χ0n) is 19.2. The molecule has 1 amide bonds. The van der Waals surface area contributed by atoms with E-state index in [9.17, 15) is 9.90 Å². The van der Waals surface area contributed by atoms with Crippen LogP contribution in [0.5, 0.6) is 0 Å². The molecule has 7 heteroatoms. The van der Waals surface area contributed by atoms with Gasteiger partial charge < -0.3 is 23.9 Å². The highest BCUT2D eigenvalue weighted by Gasteiger charge is 2.26. The summed E-state index contributed by atoms with van der Waals surface area (Å²) in [5.41, 5.74) is 1.02. The fourth-order valence-corrected chi connectivity index (χ4v) is 3.94. The Morgan fingerprint density at radius 3 is 2.78 bits per heavy atom. The minimum atomic E-state index is -0.588. The van der Waals surface area contributed by atoms with Gasteiger partial charge in [0.2, 0.25) is 5.91 Å². The number of rotatable bonds is 12. The van der Waals surface area contributed by atoms with Crippen LogP contribution in [0.15, 0.2) is 53.1 Å². The number of hydrogen-bond donors (Lipinski definition) is 1. The number of morpholine rings is 1. The van der Waals surface area contributed by atoms with Crippen molar-refractivity contribution >= 4 is 5.91 Å². The Morgan fingerprint density at radius 2 is 2.06 bits per heavy atom. The maximum atomic E-state index is 13.0. The third-order valence-electron chi connectivity index (χ3n) is 5.39. The summed E-state index contributed by atoms with van der Waals surface area (Å²) in [5, 5.41) is 10.4. The standard InChI is InChI=1S/C25H36N2O5/c1-20(2)14-27(25(29)13-21-7-4-3-5-8-21)17-24-16-26(10-12-32-24)15-22(28)18-30-19-23-9-6-11-31-23/h3-9,11,20,22,24,28H,10,12-19H2,1-2H3/t22-,24+/m1/s1. The normalized spacial score (nSPS) is 18.1. The van der Waals surface area contributed by atoms with E-state index in [2.05, 4.69) is 18.7 Å². The molecule has 7 nitrogen and oxygen atoms in total. The molecule has 2 heterocycles. The van der Waals surface area contributed by atoms with E-state index >= 15 is 0 Å². The molecule has 2 aromatic rings. The molecule has 0 unspecified atom stereocenters. The quantitative estimate of drug-likeness (QED) is 0.542. The van der Waals surface area contributed by atoms with Gasteiger partial charge >= 0.3 is 0 Å². The van der Waals surface area contributed by atoms with E-state index in [1.165, 1.54) is 0 Å². The maximum absolute atomic E-state index is 13.0. The van der Waals surface area contributed by atoms with Crippen molar-refractivity contribution in [2.24, 2.45) is 5.92 Å². The Hall–Kier alpha value is -2.19. The second-order valence-corrected chi connectivity index (χ2v) is 8.86. The number of benzene rings is 1. The van der Waals surface area contributed by atoms with Crippen LogP contribution in [0, 0.1) is 5.92 Å². The molecule has 176 valence electrons. The molecule has 0 bridgehead atoms. The average molecular weight is 445 g/mol. The number of nitrogens with zero attached hydrogens (tertiary/aromatic N) is 2. The predicted molar refractivity (Wildman–Crippen MR) is 122 cm³/mol. The number of carbonyl (C=O) groups excluding carboxylic acids is 1. The van der Waals surface area contributed by atoms with Gasteiger partial charge in [0.15, 0.2) is 0 Å². The van der Waals surface area contributed by atoms with Crippen molar-refractivity contribution in [3.63, 3.8) is 0 Å². The van der Waals surface area contributed by atoms with Gasteiger partial charge in [-0.25, -0.2) is 0 Å². The highest BCUT2D eigenvalue weighted by atomic mass is 16.5. The van der Waals surface area contributed by atoms with Gasteiger partial charge in [-0.1, -0.05) is 44.2 Å². The van der Waals surface area contributed by atoms with Crippen LogP contribution in [0.3, 0.4) is 0 Å². The summed E-state index contributed by atoms with van der Waals surface area (Å²) in [5.74, 6) is 1.24. The molecule has 0 radical (unpaired) electrons. The van der Waals surface area contributed by atoms with Crippen molar-refractivity contribution < 1.29 is 23.8 Å². The number of carbonyl (C=O) groups is 1. The highest BCUT2D eigenvalue weighted by Crippen LogP contribution is 2.12. The first kappa shape index (κ1) is 24.5. The van der Waals surface area contributed by atoms with Gasteiger partial charge in [-0.05, 0) is 23.6 Å². The summed E-state index contributed by atoms with van der Waals surface area (Å²) in [6, 6.07) is 13.5. The van der Waals surface area contributed by atoms with Crippen molar-refractivity contribution in [2.75, 3.05) is 45.9 Å². The lowest BCUT2D eigenvalue weighted by Crippen LogP contribution is -2.51. The lowest BCUT2D eigenvalue weighted by atomic mass is 10.1. The molecule has 1 saturated heterocycles. The number of ether oxygens (including phenoxy) is 2. The summed E-state index contributed by atoms with van der Waals surface area (Å²) >= 11 is 0. The van der Waals surface area contributed by atoms with E-state index in [1.807, 2.05) is 47.4 Å². The van der Waals surface area contributed by atoms with Crippen LogP contribution < -0.4 is 0 Å². The van der Waals surface area contributed by atoms with Crippen LogP contribution in [0.1, 0.15) is 25.2 Å². The molecule has 1 aliphatic rings. The van der Waals surface area contributed by atoms with Gasteiger partial charge in [0.05, 0.1) is 38.1 Å². The first-order valence-electron chi connectivity index (χ1n) is 11.4. The SMILES string of the molecule is CC(C)CN(C[C@@H]1CN(C[C@@H](O)COCc2ccco2)CCO1)C(=O)Cc1ccccc1. The van der Waals surface area contributed by atoms with Crippen molar-refractivity contribution in [1.29, 1.82) is 0 Å². The fraction of sp³-hybridized carbons (Fsp3) is 0.560. The molecule has 0 aliphatic carbocycles. The van der Waals surface area contributed by atoms with Gasteiger partial charge in [-0.3, -0.25) is 9.69 Å². The van der Waals surface area contributed by atoms with E-state index in [1.54, 1.807) is 6.26 Å². The number of β-amino-alcohol motifs (C(OH)–C–C–N with tert-alkyl or cyclic N) is 1. The number of aliphatic hydroxyl groups is 1. The molecule has 1 aromatic carbocycles. The number of hydrogen-bond acceptors (Lipinski definition) is 6. The minimum Gasteiger partial charge on any atom is -0.467 e. The van der Waals surface area contributed by atoms with Crippen molar-refractivity contribution in [1.82, 2.24) is 9.80 Å². The summed E-state index contributed by atoms with van der Waals surface area (Å²) in [7, 11) is 0. The van der Waals surface area contributed by atoms with Gasteiger partial charge in [0.25, 0.3) is 0 Å². The molecule has 32 heavy (non-hydrogen) atoms. The molecule has 1 aromatic heterocycles. The highest BCUT2D eigenvalue weighted by molar-refractivity contribution is 5.78. The van der Waals surface area contributed by atoms with Gasteiger partial charge in [-0.15, -0.1) is 0 Å². The fourth-order valence-electron chi connectivity index (χ4n) is 3.94. The zero-order chi connectivity index (χ0) is 22.8. The third kappa shape index (κ3) is 8.39. The molecule has 1 N–H and O–H groups in total. The van der Waals surface area contributed by atoms with Crippen LogP contribution in [0.2, 0.25) is 0 Å².